The molecule has 0 atom stereocenters. The van der Waals surface area contributed by atoms with Crippen LogP contribution in [0.1, 0.15) is 0 Å². The third-order valence-electron chi connectivity index (χ3n) is 2.65. The fraction of sp³-hybridized carbons (Fsp3) is 0.182. The topological polar surface area (TPSA) is 60.8 Å². The Labute approximate surface area is 91.4 Å². The number of benzene rings is 1. The van der Waals surface area contributed by atoms with Crippen LogP contribution in [-0.2, 0) is 0 Å². The second-order valence-corrected chi connectivity index (χ2v) is 3.62. The second-order valence-electron chi connectivity index (χ2n) is 3.62. The van der Waals surface area contributed by atoms with Gasteiger partial charge in [-0.3, -0.25) is 4.79 Å². The molecule has 2 heterocycles. The van der Waals surface area contributed by atoms with Crippen molar-refractivity contribution in [1.82, 2.24) is 4.98 Å². The number of aromatic nitrogens is 1. The molecular weight excluding hydrogens is 204 g/mol. The first-order valence-electron chi connectivity index (χ1n) is 5.11. The van der Waals surface area contributed by atoms with Crippen LogP contribution in [0.2, 0.25) is 0 Å². The predicted octanol–water partition coefficient (Wildman–Crippen LogP) is 1.72. The molecule has 1 aromatic carbocycles. The molecule has 0 saturated heterocycles. The molecule has 5 nitrogen and oxygen atoms in total. The van der Waals surface area contributed by atoms with Crippen molar-refractivity contribution in [2.24, 2.45) is 10.3 Å². The van der Waals surface area contributed by atoms with Gasteiger partial charge in [0, 0.05) is 17.0 Å². The molecule has 2 aromatic rings. The Morgan fingerprint density at radius 2 is 2.19 bits per heavy atom. The van der Waals surface area contributed by atoms with Crippen molar-refractivity contribution in [3.05, 3.63) is 40.8 Å². The van der Waals surface area contributed by atoms with Gasteiger partial charge in [0.25, 0.3) is 5.56 Å². The van der Waals surface area contributed by atoms with Crippen LogP contribution in [0.4, 0.5) is 5.69 Å². The molecule has 1 N–H and O–H groups in total. The van der Waals surface area contributed by atoms with Gasteiger partial charge in [0.05, 0.1) is 18.8 Å². The lowest BCUT2D eigenvalue weighted by Crippen LogP contribution is -2.15. The Balaban J connectivity index is 2.29. The van der Waals surface area contributed by atoms with Crippen molar-refractivity contribution in [2.75, 3.05) is 18.1 Å². The van der Waals surface area contributed by atoms with Crippen molar-refractivity contribution in [2.45, 2.75) is 0 Å². The molecule has 0 bridgehead atoms. The van der Waals surface area contributed by atoms with Crippen molar-refractivity contribution in [3.8, 4) is 0 Å². The van der Waals surface area contributed by atoms with Gasteiger partial charge in [-0.25, -0.2) is 5.01 Å². The van der Waals surface area contributed by atoms with E-state index in [-0.39, 0.29) is 5.56 Å². The molecule has 0 amide bonds. The largest absolute Gasteiger partial charge is 0.329 e. The van der Waals surface area contributed by atoms with Gasteiger partial charge >= 0.3 is 0 Å². The lowest BCUT2D eigenvalue weighted by Gasteiger charge is -2.13. The van der Waals surface area contributed by atoms with E-state index in [1.807, 2.05) is 29.3 Å². The summed E-state index contributed by atoms with van der Waals surface area (Å²) in [7, 11) is 0. The van der Waals surface area contributed by atoms with Crippen molar-refractivity contribution < 1.29 is 0 Å². The molecule has 0 spiro atoms. The van der Waals surface area contributed by atoms with Crippen LogP contribution in [0, 0.1) is 0 Å². The average Bonchev–Trinajstić information content (AvgIpc) is 2.82. The quantitative estimate of drug-likeness (QED) is 0.785. The first kappa shape index (κ1) is 9.08. The third-order valence-corrected chi connectivity index (χ3v) is 2.65. The van der Waals surface area contributed by atoms with Crippen LogP contribution < -0.4 is 10.6 Å². The summed E-state index contributed by atoms with van der Waals surface area (Å²) >= 11 is 0. The number of H-pyrrole nitrogens is 1. The number of fused-ring (bicyclic) bond motifs is 1. The number of rotatable bonds is 1. The summed E-state index contributed by atoms with van der Waals surface area (Å²) < 4.78 is 0. The zero-order chi connectivity index (χ0) is 11.0. The summed E-state index contributed by atoms with van der Waals surface area (Å²) in [5, 5.41) is 11.4. The van der Waals surface area contributed by atoms with Gasteiger partial charge < -0.3 is 4.98 Å². The number of anilines is 1. The van der Waals surface area contributed by atoms with Gasteiger partial charge in [0.1, 0.15) is 0 Å². The second kappa shape index (κ2) is 3.44. The van der Waals surface area contributed by atoms with Crippen molar-refractivity contribution in [3.63, 3.8) is 0 Å². The minimum absolute atomic E-state index is 0.0736. The van der Waals surface area contributed by atoms with E-state index in [4.69, 9.17) is 0 Å². The van der Waals surface area contributed by atoms with Crippen molar-refractivity contribution in [1.29, 1.82) is 0 Å². The first-order chi connectivity index (χ1) is 7.86. The van der Waals surface area contributed by atoms with Gasteiger partial charge in [0.15, 0.2) is 0 Å². The zero-order valence-electron chi connectivity index (χ0n) is 8.55. The van der Waals surface area contributed by atoms with E-state index in [0.717, 1.165) is 17.6 Å². The van der Waals surface area contributed by atoms with Crippen LogP contribution >= 0.6 is 0 Å². The molecule has 0 aliphatic carbocycles. The van der Waals surface area contributed by atoms with Crippen molar-refractivity contribution >= 4 is 16.5 Å². The third kappa shape index (κ3) is 1.29. The molecule has 1 aromatic heterocycles. The summed E-state index contributed by atoms with van der Waals surface area (Å²) in [6.45, 7) is 1.48. The lowest BCUT2D eigenvalue weighted by atomic mass is 10.1. The Morgan fingerprint density at radius 3 is 3.00 bits per heavy atom. The molecular formula is C11H10N4O. The van der Waals surface area contributed by atoms with Gasteiger partial charge in [0.2, 0.25) is 0 Å². The molecule has 1 aliphatic rings. The lowest BCUT2D eigenvalue weighted by molar-refractivity contribution is 0.949. The number of nitrogens with one attached hydrogen (secondary N) is 1. The van der Waals surface area contributed by atoms with E-state index >= 15 is 0 Å². The predicted molar refractivity (Wildman–Crippen MR) is 61.6 cm³/mol. The Bertz CT molecular complexity index is 617. The summed E-state index contributed by atoms with van der Waals surface area (Å²) in [6.07, 6.45) is 1.65. The standard InChI is InChI=1S/C11H10N4O/c16-11-9-2-1-3-10(8(9)4-5-12-11)15-7-6-13-14-15/h1-5H,6-7H2,(H,12,16). The average molecular weight is 214 g/mol. The van der Waals surface area contributed by atoms with E-state index < -0.39 is 0 Å². The highest BCUT2D eigenvalue weighted by Crippen LogP contribution is 2.26. The van der Waals surface area contributed by atoms with Crippen LogP contribution in [0.5, 0.6) is 0 Å². The van der Waals surface area contributed by atoms with Crippen LogP contribution in [0.25, 0.3) is 10.8 Å². The molecule has 1 aliphatic heterocycles. The summed E-state index contributed by atoms with van der Waals surface area (Å²) in [4.78, 5) is 14.3. The molecule has 0 saturated carbocycles. The van der Waals surface area contributed by atoms with Gasteiger partial charge in [-0.05, 0) is 18.2 Å². The Kier molecular flexibility index (Phi) is 1.96. The smallest absolute Gasteiger partial charge is 0.255 e. The SMILES string of the molecule is O=c1[nH]ccc2c(N3CCN=N3)cccc12. The highest BCUT2D eigenvalue weighted by Gasteiger charge is 2.13. The maximum atomic E-state index is 11.6. The monoisotopic (exact) mass is 214 g/mol. The zero-order valence-corrected chi connectivity index (χ0v) is 8.55. The number of hydrogen-bond donors (Lipinski definition) is 1. The normalized spacial score (nSPS) is 14.9. The molecule has 16 heavy (non-hydrogen) atoms. The van der Waals surface area contributed by atoms with Gasteiger partial charge in [-0.15, -0.1) is 0 Å². The number of nitrogens with zero attached hydrogens (tertiary/aromatic N) is 3. The van der Waals surface area contributed by atoms with E-state index in [2.05, 4.69) is 15.3 Å². The fourth-order valence-corrected chi connectivity index (χ4v) is 1.90. The molecule has 0 radical (unpaired) electrons. The fourth-order valence-electron chi connectivity index (χ4n) is 1.90. The first-order valence-corrected chi connectivity index (χ1v) is 5.11. The molecule has 80 valence electrons. The number of aromatic amines is 1. The van der Waals surface area contributed by atoms with E-state index in [9.17, 15) is 4.79 Å². The molecule has 0 unspecified atom stereocenters. The summed E-state index contributed by atoms with van der Waals surface area (Å²) in [6, 6.07) is 7.51. The Morgan fingerprint density at radius 1 is 1.25 bits per heavy atom. The number of hydrogen-bond acceptors (Lipinski definition) is 4. The maximum absolute atomic E-state index is 11.6. The summed E-state index contributed by atoms with van der Waals surface area (Å²) in [5.41, 5.74) is 0.861. The molecule has 3 rings (SSSR count). The summed E-state index contributed by atoms with van der Waals surface area (Å²) in [5.74, 6) is 0. The van der Waals surface area contributed by atoms with Crippen LogP contribution in [0.15, 0.2) is 45.6 Å². The minimum atomic E-state index is -0.0736. The van der Waals surface area contributed by atoms with E-state index in [0.29, 0.717) is 11.9 Å². The van der Waals surface area contributed by atoms with Crippen LogP contribution in [-0.4, -0.2) is 18.1 Å². The highest BCUT2D eigenvalue weighted by molar-refractivity contribution is 5.93. The van der Waals surface area contributed by atoms with Gasteiger partial charge in [-0.1, -0.05) is 11.3 Å². The van der Waals surface area contributed by atoms with E-state index in [1.165, 1.54) is 0 Å². The van der Waals surface area contributed by atoms with Crippen LogP contribution in [0.3, 0.4) is 0 Å². The maximum Gasteiger partial charge on any atom is 0.255 e. The number of pyridine rings is 1. The molecule has 0 fully saturated rings. The highest BCUT2D eigenvalue weighted by atomic mass is 16.1. The molecule has 5 heteroatoms. The van der Waals surface area contributed by atoms with E-state index in [1.54, 1.807) is 6.20 Å². The minimum Gasteiger partial charge on any atom is -0.329 e. The Hall–Kier alpha value is -2.17. The van der Waals surface area contributed by atoms with Gasteiger partial charge in [-0.2, -0.15) is 5.11 Å².